The molecule has 2 aliphatic rings. The summed E-state index contributed by atoms with van der Waals surface area (Å²) in [5.74, 6) is 1.73. The molecule has 0 aromatic heterocycles. The van der Waals surface area contributed by atoms with Crippen LogP contribution in [0.4, 0.5) is 4.39 Å². The highest BCUT2D eigenvalue weighted by Crippen LogP contribution is 2.60. The Morgan fingerprint density at radius 1 is 1.29 bits per heavy atom. The third-order valence-electron chi connectivity index (χ3n) is 5.03. The predicted molar refractivity (Wildman–Crippen MR) is 88.8 cm³/mol. The van der Waals surface area contributed by atoms with Gasteiger partial charge in [-0.2, -0.15) is 0 Å². The molecular weight excluding hydrogens is 329 g/mol. The Morgan fingerprint density at radius 3 is 2.52 bits per heavy atom. The average molecular weight is 354 g/mol. The zero-order chi connectivity index (χ0) is 15.3. The zero-order valence-corrected chi connectivity index (χ0v) is 14.8. The van der Waals surface area contributed by atoms with Gasteiger partial charge in [0.25, 0.3) is 0 Å². The van der Waals surface area contributed by atoms with Crippen molar-refractivity contribution in [2.24, 2.45) is 17.3 Å². The van der Waals surface area contributed by atoms with E-state index in [4.69, 9.17) is 0 Å². The summed E-state index contributed by atoms with van der Waals surface area (Å²) in [6.07, 6.45) is 5.13. The first-order valence-electron chi connectivity index (χ1n) is 7.95. The lowest BCUT2D eigenvalue weighted by Gasteiger charge is -2.35. The lowest BCUT2D eigenvalue weighted by Crippen LogP contribution is -2.44. The van der Waals surface area contributed by atoms with Crippen molar-refractivity contribution in [3.8, 4) is 0 Å². The molecule has 0 aliphatic heterocycles. The van der Waals surface area contributed by atoms with Crippen molar-refractivity contribution >= 4 is 15.9 Å². The number of rotatable bonds is 4. The van der Waals surface area contributed by atoms with Gasteiger partial charge in [0.1, 0.15) is 5.82 Å². The van der Waals surface area contributed by atoms with Crippen molar-refractivity contribution in [2.75, 3.05) is 6.54 Å². The molecule has 0 spiro atoms. The van der Waals surface area contributed by atoms with E-state index >= 15 is 0 Å². The van der Waals surface area contributed by atoms with E-state index in [0.29, 0.717) is 5.41 Å². The van der Waals surface area contributed by atoms with Gasteiger partial charge in [0, 0.05) is 16.6 Å². The van der Waals surface area contributed by atoms with Gasteiger partial charge in [0.15, 0.2) is 0 Å². The molecular formula is C18H25BrFN. The lowest BCUT2D eigenvalue weighted by atomic mass is 9.77. The number of fused-ring (bicyclic) bond motifs is 1. The first kappa shape index (κ1) is 15.5. The van der Waals surface area contributed by atoms with Crippen molar-refractivity contribution < 1.29 is 4.39 Å². The molecule has 3 rings (SSSR count). The van der Waals surface area contributed by atoms with E-state index in [2.05, 4.69) is 42.0 Å². The Morgan fingerprint density at radius 2 is 1.95 bits per heavy atom. The molecule has 1 aromatic carbocycles. The van der Waals surface area contributed by atoms with Crippen molar-refractivity contribution in [3.63, 3.8) is 0 Å². The monoisotopic (exact) mass is 353 g/mol. The fourth-order valence-electron chi connectivity index (χ4n) is 3.88. The molecule has 0 bridgehead atoms. The highest BCUT2D eigenvalue weighted by atomic mass is 79.9. The summed E-state index contributed by atoms with van der Waals surface area (Å²) >= 11 is 3.54. The van der Waals surface area contributed by atoms with Crippen LogP contribution in [0.15, 0.2) is 22.7 Å². The van der Waals surface area contributed by atoms with Crippen LogP contribution in [0.2, 0.25) is 0 Å². The van der Waals surface area contributed by atoms with Crippen LogP contribution in [0, 0.1) is 23.1 Å². The largest absolute Gasteiger partial charge is 0.312 e. The summed E-state index contributed by atoms with van der Waals surface area (Å²) in [5.41, 5.74) is 1.74. The van der Waals surface area contributed by atoms with Crippen LogP contribution >= 0.6 is 15.9 Å². The summed E-state index contributed by atoms with van der Waals surface area (Å²) in [7, 11) is 0. The van der Waals surface area contributed by atoms with Gasteiger partial charge in [-0.15, -0.1) is 0 Å². The van der Waals surface area contributed by atoms with Crippen molar-refractivity contribution in [1.82, 2.24) is 5.32 Å². The molecule has 1 aromatic rings. The predicted octanol–water partition coefficient (Wildman–Crippen LogP) is 4.94. The summed E-state index contributed by atoms with van der Waals surface area (Å²) in [5, 5.41) is 3.71. The Hall–Kier alpha value is -0.410. The molecule has 0 saturated heterocycles. The van der Waals surface area contributed by atoms with Crippen LogP contribution in [0.1, 0.15) is 45.6 Å². The molecule has 0 radical (unpaired) electrons. The van der Waals surface area contributed by atoms with E-state index in [-0.39, 0.29) is 11.4 Å². The number of hydrogen-bond acceptors (Lipinski definition) is 1. The SMILES string of the molecule is CC(C)(C)NCC1(Cc2ccc(F)cc2Br)CC2CC2C1. The van der Waals surface area contributed by atoms with Crippen LogP contribution < -0.4 is 5.32 Å². The second-order valence-corrected chi connectivity index (χ2v) is 9.03. The maximum absolute atomic E-state index is 13.3. The highest BCUT2D eigenvalue weighted by Gasteiger charge is 2.53. The maximum atomic E-state index is 13.3. The molecule has 3 heteroatoms. The minimum Gasteiger partial charge on any atom is -0.312 e. The van der Waals surface area contributed by atoms with E-state index in [1.54, 1.807) is 12.1 Å². The molecule has 2 saturated carbocycles. The fourth-order valence-corrected chi connectivity index (χ4v) is 4.37. The third-order valence-corrected chi connectivity index (χ3v) is 5.77. The summed E-state index contributed by atoms with van der Waals surface area (Å²) in [4.78, 5) is 0. The van der Waals surface area contributed by atoms with Crippen LogP contribution in [-0.4, -0.2) is 12.1 Å². The van der Waals surface area contributed by atoms with Crippen molar-refractivity contribution in [1.29, 1.82) is 0 Å². The smallest absolute Gasteiger partial charge is 0.124 e. The van der Waals surface area contributed by atoms with Gasteiger partial charge < -0.3 is 5.32 Å². The number of benzene rings is 1. The van der Waals surface area contributed by atoms with Gasteiger partial charge >= 0.3 is 0 Å². The first-order valence-corrected chi connectivity index (χ1v) is 8.75. The summed E-state index contributed by atoms with van der Waals surface area (Å²) in [6.45, 7) is 7.74. The Labute approximate surface area is 135 Å². The third kappa shape index (κ3) is 3.68. The normalized spacial score (nSPS) is 31.3. The van der Waals surface area contributed by atoms with Crippen LogP contribution in [0.5, 0.6) is 0 Å². The molecule has 2 unspecified atom stereocenters. The minimum absolute atomic E-state index is 0.153. The molecule has 2 fully saturated rings. The maximum Gasteiger partial charge on any atom is 0.124 e. The van der Waals surface area contributed by atoms with Crippen LogP contribution in [-0.2, 0) is 6.42 Å². The van der Waals surface area contributed by atoms with Gasteiger partial charge in [-0.25, -0.2) is 4.39 Å². The second-order valence-electron chi connectivity index (χ2n) is 8.18. The Balaban J connectivity index is 1.76. The van der Waals surface area contributed by atoms with Gasteiger partial charge in [-0.3, -0.25) is 0 Å². The van der Waals surface area contributed by atoms with Gasteiger partial charge in [0.05, 0.1) is 0 Å². The molecule has 1 nitrogen and oxygen atoms in total. The van der Waals surface area contributed by atoms with Gasteiger partial charge in [-0.1, -0.05) is 22.0 Å². The standard InChI is InChI=1S/C18H25BrFN/c1-17(2,3)21-11-18(9-13-6-14(13)10-18)8-12-4-5-15(20)7-16(12)19/h4-5,7,13-14,21H,6,8-11H2,1-3H3. The lowest BCUT2D eigenvalue weighted by molar-refractivity contribution is 0.222. The van der Waals surface area contributed by atoms with Gasteiger partial charge in [-0.05, 0) is 81.4 Å². The quantitative estimate of drug-likeness (QED) is 0.808. The average Bonchev–Trinajstić information content (AvgIpc) is 2.98. The number of nitrogens with one attached hydrogen (secondary N) is 1. The Bertz CT molecular complexity index is 525. The molecule has 2 aliphatic carbocycles. The van der Waals surface area contributed by atoms with Crippen LogP contribution in [0.3, 0.4) is 0 Å². The van der Waals surface area contributed by atoms with E-state index in [1.165, 1.54) is 24.8 Å². The number of hydrogen-bond donors (Lipinski definition) is 1. The van der Waals surface area contributed by atoms with E-state index in [9.17, 15) is 4.39 Å². The van der Waals surface area contributed by atoms with E-state index < -0.39 is 0 Å². The highest BCUT2D eigenvalue weighted by molar-refractivity contribution is 9.10. The zero-order valence-electron chi connectivity index (χ0n) is 13.2. The number of halogens is 2. The van der Waals surface area contributed by atoms with Crippen molar-refractivity contribution in [2.45, 2.75) is 52.0 Å². The molecule has 1 N–H and O–H groups in total. The van der Waals surface area contributed by atoms with E-state index in [1.807, 2.05) is 6.07 Å². The summed E-state index contributed by atoms with van der Waals surface area (Å²) in [6, 6.07) is 5.12. The van der Waals surface area contributed by atoms with Crippen LogP contribution in [0.25, 0.3) is 0 Å². The molecule has 116 valence electrons. The molecule has 0 amide bonds. The van der Waals surface area contributed by atoms with Crippen molar-refractivity contribution in [3.05, 3.63) is 34.1 Å². The second kappa shape index (κ2) is 5.34. The van der Waals surface area contributed by atoms with Gasteiger partial charge in [0.2, 0.25) is 0 Å². The molecule has 0 heterocycles. The minimum atomic E-state index is -0.165. The fraction of sp³-hybridized carbons (Fsp3) is 0.667. The molecule has 21 heavy (non-hydrogen) atoms. The topological polar surface area (TPSA) is 12.0 Å². The Kier molecular flexibility index (Phi) is 3.94. The summed E-state index contributed by atoms with van der Waals surface area (Å²) < 4.78 is 14.2. The van der Waals surface area contributed by atoms with E-state index in [0.717, 1.165) is 29.3 Å². The first-order chi connectivity index (χ1) is 9.76. The molecule has 2 atom stereocenters.